The molecule has 130 valence electrons. The smallest absolute Gasteiger partial charge is 0.321 e. The lowest BCUT2D eigenvalue weighted by Gasteiger charge is -2.34. The second-order valence-electron chi connectivity index (χ2n) is 5.73. The number of hydrogen-bond donors (Lipinski definition) is 1. The van der Waals surface area contributed by atoms with Gasteiger partial charge >= 0.3 is 6.03 Å². The molecule has 0 atom stereocenters. The molecule has 0 spiro atoms. The molecule has 1 heterocycles. The topological polar surface area (TPSA) is 52.7 Å². The highest BCUT2D eigenvalue weighted by Crippen LogP contribution is 2.17. The number of nitrogens with one attached hydrogen (secondary N) is 1. The van der Waals surface area contributed by atoms with Crippen LogP contribution in [0.2, 0.25) is 10.0 Å². The molecule has 0 bridgehead atoms. The van der Waals surface area contributed by atoms with Gasteiger partial charge in [-0.2, -0.15) is 0 Å². The van der Waals surface area contributed by atoms with Gasteiger partial charge in [0.1, 0.15) is 0 Å². The summed E-state index contributed by atoms with van der Waals surface area (Å²) < 4.78 is 0. The van der Waals surface area contributed by atoms with Crippen molar-refractivity contribution in [3.05, 3.63) is 64.1 Å². The van der Waals surface area contributed by atoms with Crippen molar-refractivity contribution in [2.24, 2.45) is 0 Å². The molecule has 0 radical (unpaired) electrons. The van der Waals surface area contributed by atoms with Gasteiger partial charge in [-0.15, -0.1) is 0 Å². The number of rotatable bonds is 2. The Morgan fingerprint density at radius 1 is 0.840 bits per heavy atom. The third-order valence-corrected chi connectivity index (χ3v) is 4.47. The first-order valence-corrected chi connectivity index (χ1v) is 8.65. The van der Waals surface area contributed by atoms with Gasteiger partial charge in [-0.3, -0.25) is 4.79 Å². The summed E-state index contributed by atoms with van der Waals surface area (Å²) in [6.07, 6.45) is 0. The highest BCUT2D eigenvalue weighted by atomic mass is 35.5. The average Bonchev–Trinajstić information content (AvgIpc) is 2.61. The second kappa shape index (κ2) is 7.76. The van der Waals surface area contributed by atoms with Crippen molar-refractivity contribution in [2.45, 2.75) is 0 Å². The first-order chi connectivity index (χ1) is 12.0. The Morgan fingerprint density at radius 3 is 2.08 bits per heavy atom. The molecule has 1 saturated heterocycles. The van der Waals surface area contributed by atoms with Crippen LogP contribution < -0.4 is 5.32 Å². The molecule has 7 heteroatoms. The average molecular weight is 378 g/mol. The number of piperazine rings is 1. The molecule has 2 aromatic rings. The lowest BCUT2D eigenvalue weighted by molar-refractivity contribution is 0.0671. The van der Waals surface area contributed by atoms with Gasteiger partial charge in [-0.25, -0.2) is 4.79 Å². The molecule has 0 saturated carbocycles. The molecule has 0 aliphatic carbocycles. The van der Waals surface area contributed by atoms with Crippen LogP contribution in [-0.2, 0) is 0 Å². The fourth-order valence-electron chi connectivity index (χ4n) is 2.69. The van der Waals surface area contributed by atoms with Crippen molar-refractivity contribution in [1.82, 2.24) is 9.80 Å². The minimum atomic E-state index is -0.197. The van der Waals surface area contributed by atoms with Gasteiger partial charge in [0.15, 0.2) is 0 Å². The quantitative estimate of drug-likeness (QED) is 0.860. The lowest BCUT2D eigenvalue weighted by atomic mass is 10.2. The molecule has 1 N–H and O–H groups in total. The van der Waals surface area contributed by atoms with E-state index in [4.69, 9.17) is 23.2 Å². The molecule has 0 unspecified atom stereocenters. The van der Waals surface area contributed by atoms with Crippen LogP contribution in [0.4, 0.5) is 10.5 Å². The predicted molar refractivity (Wildman–Crippen MR) is 99.4 cm³/mol. The number of benzene rings is 2. The van der Waals surface area contributed by atoms with Crippen molar-refractivity contribution in [1.29, 1.82) is 0 Å². The summed E-state index contributed by atoms with van der Waals surface area (Å²) >= 11 is 11.9. The largest absolute Gasteiger partial charge is 0.335 e. The van der Waals surface area contributed by atoms with Gasteiger partial charge < -0.3 is 15.1 Å². The summed E-state index contributed by atoms with van der Waals surface area (Å²) in [5, 5.41) is 3.91. The number of amides is 3. The van der Waals surface area contributed by atoms with E-state index in [-0.39, 0.29) is 11.9 Å². The highest BCUT2D eigenvalue weighted by Gasteiger charge is 2.25. The van der Waals surface area contributed by atoms with Crippen LogP contribution in [0.5, 0.6) is 0 Å². The van der Waals surface area contributed by atoms with E-state index in [1.807, 2.05) is 0 Å². The molecule has 0 aromatic heterocycles. The van der Waals surface area contributed by atoms with E-state index >= 15 is 0 Å². The van der Waals surface area contributed by atoms with Gasteiger partial charge in [0.05, 0.1) is 0 Å². The SMILES string of the molecule is O=C(Nc1cccc(Cl)c1)N1CCN(C(=O)c2cccc(Cl)c2)CC1. The summed E-state index contributed by atoms with van der Waals surface area (Å²) in [6, 6.07) is 13.7. The van der Waals surface area contributed by atoms with Crippen LogP contribution in [0.25, 0.3) is 0 Å². The third-order valence-electron chi connectivity index (χ3n) is 4.00. The monoisotopic (exact) mass is 377 g/mol. The van der Waals surface area contributed by atoms with E-state index in [1.54, 1.807) is 58.3 Å². The standard InChI is InChI=1S/C18H17Cl2N3O2/c19-14-4-1-3-13(11-14)17(24)22-7-9-23(10-8-22)18(25)21-16-6-2-5-15(20)12-16/h1-6,11-12H,7-10H2,(H,21,25). The van der Waals surface area contributed by atoms with Crippen molar-refractivity contribution in [3.8, 4) is 0 Å². The number of urea groups is 1. The Morgan fingerprint density at radius 2 is 1.44 bits per heavy atom. The molecule has 25 heavy (non-hydrogen) atoms. The molecular weight excluding hydrogens is 361 g/mol. The first kappa shape index (κ1) is 17.6. The van der Waals surface area contributed by atoms with Crippen molar-refractivity contribution >= 4 is 40.8 Å². The van der Waals surface area contributed by atoms with E-state index in [0.29, 0.717) is 47.5 Å². The summed E-state index contributed by atoms with van der Waals surface area (Å²) in [6.45, 7) is 1.90. The van der Waals surface area contributed by atoms with Crippen LogP contribution in [0.3, 0.4) is 0 Å². The van der Waals surface area contributed by atoms with E-state index < -0.39 is 0 Å². The van der Waals surface area contributed by atoms with Gasteiger partial charge in [-0.1, -0.05) is 35.3 Å². The van der Waals surface area contributed by atoms with Crippen LogP contribution in [-0.4, -0.2) is 47.9 Å². The van der Waals surface area contributed by atoms with Gasteiger partial charge in [0, 0.05) is 47.5 Å². The number of carbonyl (C=O) groups excluding carboxylic acids is 2. The first-order valence-electron chi connectivity index (χ1n) is 7.89. The third kappa shape index (κ3) is 4.44. The minimum absolute atomic E-state index is 0.0719. The normalized spacial score (nSPS) is 14.3. The number of nitrogens with zero attached hydrogens (tertiary/aromatic N) is 2. The zero-order valence-electron chi connectivity index (χ0n) is 13.4. The van der Waals surface area contributed by atoms with Gasteiger partial charge in [-0.05, 0) is 36.4 Å². The maximum atomic E-state index is 12.5. The molecule has 3 amide bonds. The maximum Gasteiger partial charge on any atom is 0.321 e. The Balaban J connectivity index is 1.56. The zero-order chi connectivity index (χ0) is 17.8. The molecule has 1 aliphatic rings. The Hall–Kier alpha value is -2.24. The summed E-state index contributed by atoms with van der Waals surface area (Å²) in [5.74, 6) is -0.0719. The summed E-state index contributed by atoms with van der Waals surface area (Å²) in [5.41, 5.74) is 1.21. The molecule has 5 nitrogen and oxygen atoms in total. The van der Waals surface area contributed by atoms with Crippen LogP contribution >= 0.6 is 23.2 Å². The molecule has 1 aliphatic heterocycles. The van der Waals surface area contributed by atoms with Crippen LogP contribution in [0, 0.1) is 0 Å². The predicted octanol–water partition coefficient (Wildman–Crippen LogP) is 3.98. The van der Waals surface area contributed by atoms with Crippen molar-refractivity contribution < 1.29 is 9.59 Å². The molecule has 1 fully saturated rings. The zero-order valence-corrected chi connectivity index (χ0v) is 14.9. The van der Waals surface area contributed by atoms with Gasteiger partial charge in [0.2, 0.25) is 0 Å². The Kier molecular flexibility index (Phi) is 5.46. The van der Waals surface area contributed by atoms with Gasteiger partial charge in [0.25, 0.3) is 5.91 Å². The second-order valence-corrected chi connectivity index (χ2v) is 6.60. The van der Waals surface area contributed by atoms with Crippen molar-refractivity contribution in [2.75, 3.05) is 31.5 Å². The van der Waals surface area contributed by atoms with E-state index in [2.05, 4.69) is 5.32 Å². The molecule has 2 aromatic carbocycles. The Bertz CT molecular complexity index is 789. The molecular formula is C18H17Cl2N3O2. The lowest BCUT2D eigenvalue weighted by Crippen LogP contribution is -2.51. The maximum absolute atomic E-state index is 12.5. The van der Waals surface area contributed by atoms with E-state index in [9.17, 15) is 9.59 Å². The highest BCUT2D eigenvalue weighted by molar-refractivity contribution is 6.31. The fourth-order valence-corrected chi connectivity index (χ4v) is 3.07. The minimum Gasteiger partial charge on any atom is -0.335 e. The van der Waals surface area contributed by atoms with E-state index in [0.717, 1.165) is 0 Å². The molecule has 3 rings (SSSR count). The number of carbonyl (C=O) groups is 2. The summed E-state index contributed by atoms with van der Waals surface area (Å²) in [4.78, 5) is 28.2. The summed E-state index contributed by atoms with van der Waals surface area (Å²) in [7, 11) is 0. The number of halogens is 2. The van der Waals surface area contributed by atoms with E-state index in [1.165, 1.54) is 0 Å². The Labute approximate surface area is 156 Å². The number of anilines is 1. The van der Waals surface area contributed by atoms with Crippen LogP contribution in [0.15, 0.2) is 48.5 Å². The number of hydrogen-bond acceptors (Lipinski definition) is 2. The van der Waals surface area contributed by atoms with Crippen LogP contribution in [0.1, 0.15) is 10.4 Å². The fraction of sp³-hybridized carbons (Fsp3) is 0.222. The van der Waals surface area contributed by atoms with Crippen molar-refractivity contribution in [3.63, 3.8) is 0 Å².